The maximum atomic E-state index is 13.0. The van der Waals surface area contributed by atoms with Crippen molar-refractivity contribution in [1.82, 2.24) is 19.6 Å². The zero-order valence-electron chi connectivity index (χ0n) is 14.2. The van der Waals surface area contributed by atoms with Gasteiger partial charge in [0.1, 0.15) is 5.82 Å². The number of aromatic nitrogens is 4. The van der Waals surface area contributed by atoms with E-state index in [1.807, 2.05) is 19.1 Å². The van der Waals surface area contributed by atoms with Crippen LogP contribution in [0.4, 0.5) is 4.39 Å². The molecule has 1 N–H and O–H groups in total. The summed E-state index contributed by atoms with van der Waals surface area (Å²) in [5, 5.41) is 5.42. The second-order valence-corrected chi connectivity index (χ2v) is 7.37. The first-order valence-electron chi connectivity index (χ1n) is 8.14. The second-order valence-electron chi connectivity index (χ2n) is 5.96. The molecule has 0 bridgehead atoms. The Balaban J connectivity index is 1.73. The van der Waals surface area contributed by atoms with Gasteiger partial charge in [0, 0.05) is 16.3 Å². The predicted molar refractivity (Wildman–Crippen MR) is 105 cm³/mol. The molecule has 0 spiro atoms. The molecule has 0 saturated carbocycles. The summed E-state index contributed by atoms with van der Waals surface area (Å²) >= 11 is 7.35. The number of rotatable bonds is 4. The average molecular weight is 401 g/mol. The van der Waals surface area contributed by atoms with Gasteiger partial charge >= 0.3 is 5.69 Å². The molecule has 0 saturated heterocycles. The molecule has 0 unspecified atom stereocenters. The fraction of sp³-hybridized carbons (Fsp3) is 0.105. The largest absolute Gasteiger partial charge is 0.350 e. The third-order valence-electron chi connectivity index (χ3n) is 4.07. The van der Waals surface area contributed by atoms with Crippen LogP contribution in [-0.2, 0) is 5.75 Å². The normalized spacial score (nSPS) is 11.2. The molecule has 0 aliphatic carbocycles. The number of thioether (sulfide) groups is 1. The average Bonchev–Trinajstić information content (AvgIpc) is 2.99. The number of benzene rings is 2. The summed E-state index contributed by atoms with van der Waals surface area (Å²) < 4.78 is 14.3. The molecular formula is C19H14ClFN4OS. The van der Waals surface area contributed by atoms with Gasteiger partial charge in [0.05, 0.1) is 5.69 Å². The van der Waals surface area contributed by atoms with Gasteiger partial charge < -0.3 is 0 Å². The van der Waals surface area contributed by atoms with Gasteiger partial charge in [-0.3, -0.25) is 4.98 Å². The van der Waals surface area contributed by atoms with E-state index in [1.54, 1.807) is 24.3 Å². The summed E-state index contributed by atoms with van der Waals surface area (Å²) in [5.41, 5.74) is 3.45. The summed E-state index contributed by atoms with van der Waals surface area (Å²) in [6, 6.07) is 13.6. The molecular weight excluding hydrogens is 387 g/mol. The Morgan fingerprint density at radius 2 is 1.85 bits per heavy atom. The van der Waals surface area contributed by atoms with Crippen molar-refractivity contribution < 1.29 is 4.39 Å². The molecule has 5 nitrogen and oxygen atoms in total. The van der Waals surface area contributed by atoms with E-state index < -0.39 is 0 Å². The first-order valence-corrected chi connectivity index (χ1v) is 9.50. The molecule has 4 rings (SSSR count). The van der Waals surface area contributed by atoms with Crippen LogP contribution in [0.5, 0.6) is 0 Å². The Labute approximate surface area is 163 Å². The van der Waals surface area contributed by atoms with Crippen LogP contribution in [0.2, 0.25) is 5.02 Å². The Bertz CT molecular complexity index is 1170. The van der Waals surface area contributed by atoms with Crippen molar-refractivity contribution in [1.29, 1.82) is 0 Å². The summed E-state index contributed by atoms with van der Waals surface area (Å²) in [6.07, 6.45) is 0. The maximum absolute atomic E-state index is 13.0. The fourth-order valence-corrected chi connectivity index (χ4v) is 3.72. The number of fused-ring (bicyclic) bond motifs is 1. The van der Waals surface area contributed by atoms with Gasteiger partial charge in [0.25, 0.3) is 0 Å². The summed E-state index contributed by atoms with van der Waals surface area (Å²) in [6.45, 7) is 1.84. The van der Waals surface area contributed by atoms with Crippen molar-refractivity contribution in [2.45, 2.75) is 17.8 Å². The molecule has 2 aromatic carbocycles. The first-order chi connectivity index (χ1) is 13.0. The van der Waals surface area contributed by atoms with Gasteiger partial charge in [-0.05, 0) is 42.3 Å². The number of nitrogens with one attached hydrogen (secondary N) is 1. The number of hydrogen-bond donors (Lipinski definition) is 1. The summed E-state index contributed by atoms with van der Waals surface area (Å²) in [5.74, 6) is 0.280. The monoisotopic (exact) mass is 400 g/mol. The van der Waals surface area contributed by atoms with Crippen LogP contribution in [0.1, 0.15) is 11.3 Å². The van der Waals surface area contributed by atoms with E-state index in [9.17, 15) is 9.18 Å². The lowest BCUT2D eigenvalue weighted by Gasteiger charge is -2.04. The highest BCUT2D eigenvalue weighted by molar-refractivity contribution is 7.98. The number of H-pyrrole nitrogens is 1. The van der Waals surface area contributed by atoms with Crippen LogP contribution in [0.25, 0.3) is 16.8 Å². The van der Waals surface area contributed by atoms with E-state index in [0.29, 0.717) is 27.3 Å². The highest BCUT2D eigenvalue weighted by Crippen LogP contribution is 2.28. The molecule has 0 aliphatic heterocycles. The van der Waals surface area contributed by atoms with Gasteiger partial charge in [0.15, 0.2) is 10.8 Å². The number of halogens is 2. The van der Waals surface area contributed by atoms with Gasteiger partial charge in [-0.1, -0.05) is 47.6 Å². The molecule has 0 radical (unpaired) electrons. The highest BCUT2D eigenvalue weighted by Gasteiger charge is 2.16. The number of hydrogen-bond acceptors (Lipinski definition) is 4. The van der Waals surface area contributed by atoms with Crippen LogP contribution in [0.15, 0.2) is 58.5 Å². The van der Waals surface area contributed by atoms with Crippen molar-refractivity contribution in [2.75, 3.05) is 0 Å². The van der Waals surface area contributed by atoms with Gasteiger partial charge in [-0.15, -0.1) is 0 Å². The van der Waals surface area contributed by atoms with E-state index in [0.717, 1.165) is 16.7 Å². The molecule has 4 aromatic rings. The zero-order chi connectivity index (χ0) is 19.0. The van der Waals surface area contributed by atoms with E-state index in [1.165, 1.54) is 28.4 Å². The maximum Gasteiger partial charge on any atom is 0.350 e. The Morgan fingerprint density at radius 3 is 2.56 bits per heavy atom. The van der Waals surface area contributed by atoms with E-state index in [-0.39, 0.29) is 11.5 Å². The fourth-order valence-electron chi connectivity index (χ4n) is 2.78. The summed E-state index contributed by atoms with van der Waals surface area (Å²) in [4.78, 5) is 19.8. The Morgan fingerprint density at radius 1 is 1.15 bits per heavy atom. The number of aromatic amines is 1. The third-order valence-corrected chi connectivity index (χ3v) is 5.27. The Kier molecular flexibility index (Phi) is 4.72. The van der Waals surface area contributed by atoms with Crippen LogP contribution >= 0.6 is 23.4 Å². The minimum absolute atomic E-state index is 0.279. The van der Waals surface area contributed by atoms with Crippen molar-refractivity contribution in [3.63, 3.8) is 0 Å². The van der Waals surface area contributed by atoms with Gasteiger partial charge in [0.2, 0.25) is 0 Å². The van der Waals surface area contributed by atoms with E-state index in [2.05, 4.69) is 15.1 Å². The third kappa shape index (κ3) is 3.61. The minimum Gasteiger partial charge on any atom is -0.285 e. The minimum atomic E-state index is -0.357. The standard InChI is InChI=1S/C19H14ClFN4OS/c1-11-16(13-4-6-14(20)7-5-13)17-22-18(23-19(26)25(17)24-11)27-10-12-2-8-15(21)9-3-12/h2-9H,10H2,1H3,(H,22,23,26). The Hall–Kier alpha value is -2.64. The van der Waals surface area contributed by atoms with Crippen molar-refractivity contribution >= 4 is 29.0 Å². The lowest BCUT2D eigenvalue weighted by molar-refractivity contribution is 0.627. The molecule has 0 aliphatic rings. The first kappa shape index (κ1) is 17.8. The van der Waals surface area contributed by atoms with Crippen molar-refractivity contribution in [2.24, 2.45) is 0 Å². The molecule has 0 amide bonds. The number of nitrogens with zero attached hydrogens (tertiary/aromatic N) is 3. The van der Waals surface area contributed by atoms with Crippen molar-refractivity contribution in [3.8, 4) is 11.1 Å². The molecule has 0 fully saturated rings. The van der Waals surface area contributed by atoms with Crippen LogP contribution < -0.4 is 5.69 Å². The molecule has 0 atom stereocenters. The number of aryl methyl sites for hydroxylation is 1. The second kappa shape index (κ2) is 7.17. The quantitative estimate of drug-likeness (QED) is 0.513. The van der Waals surface area contributed by atoms with Crippen molar-refractivity contribution in [3.05, 3.63) is 81.1 Å². The molecule has 2 heterocycles. The lowest BCUT2D eigenvalue weighted by atomic mass is 10.1. The molecule has 27 heavy (non-hydrogen) atoms. The topological polar surface area (TPSA) is 63.1 Å². The predicted octanol–water partition coefficient (Wildman–Crippen LogP) is 4.48. The van der Waals surface area contributed by atoms with Gasteiger partial charge in [-0.2, -0.15) is 9.61 Å². The smallest absolute Gasteiger partial charge is 0.285 e. The molecule has 136 valence electrons. The lowest BCUT2D eigenvalue weighted by Crippen LogP contribution is -2.19. The van der Waals surface area contributed by atoms with E-state index >= 15 is 0 Å². The van der Waals surface area contributed by atoms with E-state index in [4.69, 9.17) is 11.6 Å². The zero-order valence-corrected chi connectivity index (χ0v) is 15.8. The van der Waals surface area contributed by atoms with Crippen LogP contribution in [0.3, 0.4) is 0 Å². The highest BCUT2D eigenvalue weighted by atomic mass is 35.5. The molecule has 2 aromatic heterocycles. The van der Waals surface area contributed by atoms with Crippen LogP contribution in [-0.4, -0.2) is 19.6 Å². The van der Waals surface area contributed by atoms with Crippen LogP contribution in [0, 0.1) is 12.7 Å². The SMILES string of the molecule is Cc1nn2c(=O)[nH]c(SCc3ccc(F)cc3)nc2c1-c1ccc(Cl)cc1. The molecule has 8 heteroatoms. The van der Waals surface area contributed by atoms with Gasteiger partial charge in [-0.25, -0.2) is 14.2 Å². The summed E-state index contributed by atoms with van der Waals surface area (Å²) in [7, 11) is 0.